The number of nitrogens with one attached hydrogen (secondary N) is 2. The summed E-state index contributed by atoms with van der Waals surface area (Å²) in [6, 6.07) is 12.3. The molecule has 2 aromatic rings. The van der Waals surface area contributed by atoms with Crippen LogP contribution in [0, 0.1) is 12.3 Å². The third-order valence-corrected chi connectivity index (χ3v) is 5.40. The molecule has 0 fully saturated rings. The van der Waals surface area contributed by atoms with E-state index in [1.807, 2.05) is 12.1 Å². The van der Waals surface area contributed by atoms with Gasteiger partial charge in [0.25, 0.3) is 0 Å². The molecule has 0 atom stereocenters. The molecule has 0 bridgehead atoms. The van der Waals surface area contributed by atoms with Crippen molar-refractivity contribution in [1.29, 1.82) is 0 Å². The van der Waals surface area contributed by atoms with Crippen LogP contribution in [0.5, 0.6) is 5.75 Å². The number of terminal acetylenes is 1. The molecule has 0 radical (unpaired) electrons. The molecule has 7 heteroatoms. The molecule has 0 amide bonds. The number of ether oxygens (including phenoxy) is 1. The lowest BCUT2D eigenvalue weighted by atomic mass is 10.1. The smallest absolute Gasteiger partial charge is 0.241 e. The number of sulfonamides is 1. The quantitative estimate of drug-likeness (QED) is 0.508. The molecule has 26 heavy (non-hydrogen) atoms. The summed E-state index contributed by atoms with van der Waals surface area (Å²) in [6.45, 7) is 1.34. The minimum absolute atomic E-state index is 0.0268. The first kappa shape index (κ1) is 20.3. The summed E-state index contributed by atoms with van der Waals surface area (Å²) in [6.07, 6.45) is 5.84. The third-order valence-electron chi connectivity index (χ3n) is 3.75. The van der Waals surface area contributed by atoms with Crippen molar-refractivity contribution in [2.24, 2.45) is 0 Å². The van der Waals surface area contributed by atoms with Crippen LogP contribution < -0.4 is 14.8 Å². The Hall–Kier alpha value is -2.04. The van der Waals surface area contributed by atoms with E-state index in [-0.39, 0.29) is 11.4 Å². The first-order valence-electron chi connectivity index (χ1n) is 8.01. The van der Waals surface area contributed by atoms with Gasteiger partial charge in [-0.25, -0.2) is 8.42 Å². The minimum Gasteiger partial charge on any atom is -0.496 e. The van der Waals surface area contributed by atoms with Gasteiger partial charge in [-0.05, 0) is 48.9 Å². The number of methoxy groups -OCH3 is 1. The zero-order valence-electron chi connectivity index (χ0n) is 14.5. The van der Waals surface area contributed by atoms with E-state index in [4.69, 9.17) is 22.8 Å². The highest BCUT2D eigenvalue weighted by Gasteiger charge is 2.12. The lowest BCUT2D eigenvalue weighted by molar-refractivity contribution is 0.408. The van der Waals surface area contributed by atoms with Crippen molar-refractivity contribution in [2.75, 3.05) is 20.2 Å². The summed E-state index contributed by atoms with van der Waals surface area (Å²) < 4.78 is 31.6. The number of benzene rings is 2. The van der Waals surface area contributed by atoms with Gasteiger partial charge in [0.05, 0.1) is 18.6 Å². The number of rotatable bonds is 9. The third kappa shape index (κ3) is 5.75. The molecular formula is C19H21ClN2O3S. The van der Waals surface area contributed by atoms with E-state index in [0.29, 0.717) is 11.6 Å². The summed E-state index contributed by atoms with van der Waals surface area (Å²) in [7, 11) is -1.92. The molecule has 0 aliphatic heterocycles. The average Bonchev–Trinajstić information content (AvgIpc) is 2.64. The molecule has 0 heterocycles. The molecule has 0 spiro atoms. The van der Waals surface area contributed by atoms with Crippen molar-refractivity contribution >= 4 is 21.6 Å². The van der Waals surface area contributed by atoms with Crippen molar-refractivity contribution in [3.8, 4) is 18.1 Å². The van der Waals surface area contributed by atoms with Crippen molar-refractivity contribution in [3.63, 3.8) is 0 Å². The van der Waals surface area contributed by atoms with Crippen LogP contribution in [-0.2, 0) is 23.0 Å². The van der Waals surface area contributed by atoms with Crippen molar-refractivity contribution < 1.29 is 13.2 Å². The molecule has 0 unspecified atom stereocenters. The van der Waals surface area contributed by atoms with Crippen LogP contribution in [0.15, 0.2) is 47.4 Å². The van der Waals surface area contributed by atoms with Gasteiger partial charge in [0, 0.05) is 17.1 Å². The van der Waals surface area contributed by atoms with E-state index < -0.39 is 10.0 Å². The van der Waals surface area contributed by atoms with Crippen LogP contribution >= 0.6 is 11.6 Å². The standard InChI is InChI=1S/C19H21ClN2O3S/c1-3-11-22-26(23,24)18-7-4-15(5-8-18)10-12-21-14-16-13-17(20)6-9-19(16)25-2/h1,4-9,13,21-22H,10-12,14H2,2H3. The molecule has 0 aromatic heterocycles. The van der Waals surface area contributed by atoms with E-state index in [1.54, 1.807) is 37.4 Å². The Balaban J connectivity index is 1.87. The van der Waals surface area contributed by atoms with Gasteiger partial charge >= 0.3 is 0 Å². The van der Waals surface area contributed by atoms with Crippen molar-refractivity contribution in [3.05, 3.63) is 58.6 Å². The number of hydrogen-bond donors (Lipinski definition) is 2. The van der Waals surface area contributed by atoms with E-state index in [9.17, 15) is 8.42 Å². The second-order valence-corrected chi connectivity index (χ2v) is 7.76. The highest BCUT2D eigenvalue weighted by atomic mass is 35.5. The van der Waals surface area contributed by atoms with Crippen LogP contribution in [-0.4, -0.2) is 28.6 Å². The van der Waals surface area contributed by atoms with Crippen molar-refractivity contribution in [1.82, 2.24) is 10.0 Å². The lowest BCUT2D eigenvalue weighted by Gasteiger charge is -2.10. The normalized spacial score (nSPS) is 11.1. The molecule has 0 saturated carbocycles. The minimum atomic E-state index is -3.55. The summed E-state index contributed by atoms with van der Waals surface area (Å²) in [5, 5.41) is 4.00. The van der Waals surface area contributed by atoms with Gasteiger partial charge in [-0.15, -0.1) is 6.42 Å². The molecule has 138 valence electrons. The van der Waals surface area contributed by atoms with Crippen LogP contribution in [0.1, 0.15) is 11.1 Å². The SMILES string of the molecule is C#CCNS(=O)(=O)c1ccc(CCNCc2cc(Cl)ccc2OC)cc1. The molecule has 2 rings (SSSR count). The first-order valence-corrected chi connectivity index (χ1v) is 9.87. The topological polar surface area (TPSA) is 67.4 Å². The molecule has 0 saturated heterocycles. The molecule has 5 nitrogen and oxygen atoms in total. The van der Waals surface area contributed by atoms with E-state index in [2.05, 4.69) is 16.0 Å². The Bertz CT molecular complexity index is 875. The highest BCUT2D eigenvalue weighted by Crippen LogP contribution is 2.22. The Labute approximate surface area is 159 Å². The van der Waals surface area contributed by atoms with Gasteiger partial charge in [0.2, 0.25) is 10.0 Å². The second kappa shape index (κ2) is 9.60. The molecule has 0 aliphatic carbocycles. The van der Waals surface area contributed by atoms with E-state index >= 15 is 0 Å². The zero-order valence-corrected chi connectivity index (χ0v) is 16.0. The van der Waals surface area contributed by atoms with Gasteiger partial charge in [-0.1, -0.05) is 29.7 Å². The van der Waals surface area contributed by atoms with Crippen LogP contribution in [0.2, 0.25) is 5.02 Å². The predicted molar refractivity (Wildman–Crippen MR) is 104 cm³/mol. The predicted octanol–water partition coefficient (Wildman–Crippen LogP) is 2.59. The van der Waals surface area contributed by atoms with Gasteiger partial charge in [0.1, 0.15) is 5.75 Å². The average molecular weight is 393 g/mol. The van der Waals surface area contributed by atoms with Crippen LogP contribution in [0.4, 0.5) is 0 Å². The maximum atomic E-state index is 12.0. The summed E-state index contributed by atoms with van der Waals surface area (Å²) in [5.74, 6) is 3.04. The Morgan fingerprint density at radius 3 is 2.58 bits per heavy atom. The molecule has 2 aromatic carbocycles. The first-order chi connectivity index (χ1) is 12.5. The van der Waals surface area contributed by atoms with E-state index in [1.165, 1.54) is 0 Å². The highest BCUT2D eigenvalue weighted by molar-refractivity contribution is 7.89. The van der Waals surface area contributed by atoms with E-state index in [0.717, 1.165) is 29.8 Å². The fourth-order valence-electron chi connectivity index (χ4n) is 2.40. The fourth-order valence-corrected chi connectivity index (χ4v) is 3.53. The Kier molecular flexibility index (Phi) is 7.49. The van der Waals surface area contributed by atoms with Crippen LogP contribution in [0.25, 0.3) is 0 Å². The second-order valence-electron chi connectivity index (χ2n) is 5.56. The summed E-state index contributed by atoms with van der Waals surface area (Å²) in [4.78, 5) is 0.202. The maximum absolute atomic E-state index is 12.0. The van der Waals surface area contributed by atoms with Gasteiger partial charge in [0.15, 0.2) is 0 Å². The molecule has 2 N–H and O–H groups in total. The van der Waals surface area contributed by atoms with Crippen molar-refractivity contribution in [2.45, 2.75) is 17.9 Å². The molecular weight excluding hydrogens is 372 g/mol. The summed E-state index contributed by atoms with van der Waals surface area (Å²) in [5.41, 5.74) is 2.02. The van der Waals surface area contributed by atoms with Gasteiger partial charge in [-0.3, -0.25) is 0 Å². The molecule has 0 aliphatic rings. The van der Waals surface area contributed by atoms with Gasteiger partial charge < -0.3 is 10.1 Å². The fraction of sp³-hybridized carbons (Fsp3) is 0.263. The zero-order chi connectivity index (χ0) is 19.0. The maximum Gasteiger partial charge on any atom is 0.241 e. The Morgan fingerprint density at radius 2 is 1.92 bits per heavy atom. The van der Waals surface area contributed by atoms with Gasteiger partial charge in [-0.2, -0.15) is 4.72 Å². The summed E-state index contributed by atoms with van der Waals surface area (Å²) >= 11 is 6.02. The monoisotopic (exact) mass is 392 g/mol. The number of halogens is 1. The lowest BCUT2D eigenvalue weighted by Crippen LogP contribution is -2.23. The van der Waals surface area contributed by atoms with Crippen LogP contribution in [0.3, 0.4) is 0 Å². The number of hydrogen-bond acceptors (Lipinski definition) is 4. The Morgan fingerprint density at radius 1 is 1.19 bits per heavy atom. The largest absolute Gasteiger partial charge is 0.496 e.